The molecule has 1 N–H and O–H groups in total. The largest absolute Gasteiger partial charge is 0.395 e. The van der Waals surface area contributed by atoms with Gasteiger partial charge in [0.2, 0.25) is 10.0 Å². The van der Waals surface area contributed by atoms with E-state index in [1.807, 2.05) is 0 Å². The molecule has 0 spiro atoms. The van der Waals surface area contributed by atoms with Gasteiger partial charge in [0.1, 0.15) is 5.76 Å². The second kappa shape index (κ2) is 5.52. The lowest BCUT2D eigenvalue weighted by molar-refractivity contribution is -0.180. The first-order chi connectivity index (χ1) is 9.96. The van der Waals surface area contributed by atoms with Crippen LogP contribution in [0.15, 0.2) is 4.52 Å². The Morgan fingerprint density at radius 3 is 2.36 bits per heavy atom. The van der Waals surface area contributed by atoms with Crippen molar-refractivity contribution < 1.29 is 26.1 Å². The smallest absolute Gasteiger partial charge is 0.361 e. The van der Waals surface area contributed by atoms with E-state index in [1.165, 1.54) is 0 Å². The minimum Gasteiger partial charge on any atom is -0.361 e. The zero-order valence-electron chi connectivity index (χ0n) is 12.6. The van der Waals surface area contributed by atoms with Crippen molar-refractivity contribution in [3.63, 3.8) is 0 Å². The molecular weight excluding hydrogens is 321 g/mol. The van der Waals surface area contributed by atoms with Crippen LogP contribution in [0.4, 0.5) is 13.2 Å². The molecule has 2 rings (SSSR count). The third kappa shape index (κ3) is 3.62. The van der Waals surface area contributed by atoms with Crippen LogP contribution in [0, 0.1) is 19.3 Å². The second-order valence-corrected chi connectivity index (χ2v) is 7.82. The van der Waals surface area contributed by atoms with Gasteiger partial charge in [0.25, 0.3) is 0 Å². The summed E-state index contributed by atoms with van der Waals surface area (Å²) in [5, 5.41) is 3.77. The fourth-order valence-electron chi connectivity index (χ4n) is 2.51. The second-order valence-electron chi connectivity index (χ2n) is 6.06. The summed E-state index contributed by atoms with van der Waals surface area (Å²) >= 11 is 0. The van der Waals surface area contributed by atoms with Crippen molar-refractivity contribution in [2.24, 2.45) is 5.41 Å². The highest BCUT2D eigenvalue weighted by molar-refractivity contribution is 7.89. The maximum absolute atomic E-state index is 12.9. The molecule has 9 heteroatoms. The Hall–Kier alpha value is -1.09. The van der Waals surface area contributed by atoms with Crippen LogP contribution in [-0.2, 0) is 16.4 Å². The number of aryl methyl sites for hydroxylation is 2. The number of nitrogens with one attached hydrogen (secondary N) is 1. The van der Waals surface area contributed by atoms with Crippen LogP contribution in [0.3, 0.4) is 0 Å². The van der Waals surface area contributed by atoms with Crippen LogP contribution in [0.5, 0.6) is 0 Å². The van der Waals surface area contributed by atoms with Crippen molar-refractivity contribution in [3.05, 3.63) is 17.0 Å². The zero-order chi connectivity index (χ0) is 16.8. The van der Waals surface area contributed by atoms with Crippen LogP contribution in [0.1, 0.15) is 36.8 Å². The Kier molecular flexibility index (Phi) is 4.33. The van der Waals surface area contributed by atoms with E-state index < -0.39 is 33.4 Å². The molecule has 0 saturated heterocycles. The number of aromatic nitrogens is 1. The van der Waals surface area contributed by atoms with Gasteiger partial charge in [-0.05, 0) is 40.0 Å². The van der Waals surface area contributed by atoms with Crippen molar-refractivity contribution in [3.8, 4) is 0 Å². The Labute approximate surface area is 127 Å². The molecule has 5 nitrogen and oxygen atoms in total. The van der Waals surface area contributed by atoms with Gasteiger partial charge in [0.15, 0.2) is 0 Å². The van der Waals surface area contributed by atoms with E-state index >= 15 is 0 Å². The summed E-state index contributed by atoms with van der Waals surface area (Å²) in [5.74, 6) is -0.326. The molecule has 22 heavy (non-hydrogen) atoms. The van der Waals surface area contributed by atoms with Gasteiger partial charge in [-0.25, -0.2) is 13.1 Å². The number of hydrogen-bond acceptors (Lipinski definition) is 4. The van der Waals surface area contributed by atoms with E-state index in [0.717, 1.165) is 5.56 Å². The van der Waals surface area contributed by atoms with Crippen LogP contribution in [-0.4, -0.2) is 31.5 Å². The fourth-order valence-corrected chi connectivity index (χ4v) is 4.47. The molecule has 1 fully saturated rings. The summed E-state index contributed by atoms with van der Waals surface area (Å²) in [5.41, 5.74) is -0.647. The van der Waals surface area contributed by atoms with E-state index in [1.54, 1.807) is 20.8 Å². The Bertz CT molecular complexity index is 628. The number of hydrogen-bond donors (Lipinski definition) is 1. The van der Waals surface area contributed by atoms with Gasteiger partial charge in [-0.1, -0.05) is 5.16 Å². The lowest BCUT2D eigenvalue weighted by Crippen LogP contribution is -2.41. The van der Waals surface area contributed by atoms with E-state index in [0.29, 0.717) is 17.9 Å². The molecule has 0 bridgehead atoms. The quantitative estimate of drug-likeness (QED) is 0.863. The van der Waals surface area contributed by atoms with Gasteiger partial charge in [-0.2, -0.15) is 13.2 Å². The molecule has 0 amide bonds. The van der Waals surface area contributed by atoms with Gasteiger partial charge in [0.05, 0.1) is 16.9 Å². The topological polar surface area (TPSA) is 72.2 Å². The lowest BCUT2D eigenvalue weighted by Gasteiger charge is -2.21. The van der Waals surface area contributed by atoms with Crippen molar-refractivity contribution in [1.82, 2.24) is 9.88 Å². The molecule has 1 aromatic heterocycles. The predicted molar refractivity (Wildman–Crippen MR) is 73.8 cm³/mol. The third-order valence-electron chi connectivity index (χ3n) is 3.99. The first-order valence-corrected chi connectivity index (χ1v) is 8.59. The monoisotopic (exact) mass is 340 g/mol. The summed E-state index contributed by atoms with van der Waals surface area (Å²) in [7, 11) is -4.01. The van der Waals surface area contributed by atoms with Crippen molar-refractivity contribution in [1.29, 1.82) is 0 Å². The highest BCUT2D eigenvalue weighted by Crippen LogP contribution is 2.58. The third-order valence-corrected chi connectivity index (χ3v) is 5.69. The Balaban J connectivity index is 2.00. The van der Waals surface area contributed by atoms with Gasteiger partial charge < -0.3 is 4.52 Å². The summed E-state index contributed by atoms with van der Waals surface area (Å²) in [6.45, 7) is 5.05. The number of alkyl halides is 3. The maximum Gasteiger partial charge on any atom is 0.395 e. The Morgan fingerprint density at radius 2 is 1.95 bits per heavy atom. The highest BCUT2D eigenvalue weighted by atomic mass is 32.2. The molecule has 0 radical (unpaired) electrons. The van der Waals surface area contributed by atoms with E-state index in [2.05, 4.69) is 9.88 Å². The molecule has 1 aliphatic rings. The molecule has 1 atom stereocenters. The molecule has 1 unspecified atom stereocenters. The van der Waals surface area contributed by atoms with Crippen LogP contribution in [0.25, 0.3) is 0 Å². The number of sulfonamides is 1. The molecule has 0 aliphatic heterocycles. The average molecular weight is 340 g/mol. The van der Waals surface area contributed by atoms with E-state index in [4.69, 9.17) is 4.52 Å². The van der Waals surface area contributed by atoms with Gasteiger partial charge in [0, 0.05) is 11.6 Å². The molecule has 0 aromatic carbocycles. The first-order valence-electron chi connectivity index (χ1n) is 6.94. The van der Waals surface area contributed by atoms with E-state index in [9.17, 15) is 21.6 Å². The standard InChI is InChI=1S/C13H19F3N2O3S/c1-8(6-11-9(2)17-21-10(11)3)18-22(19,20)7-12(4-5-12)13(14,15)16/h8,18H,4-7H2,1-3H3. The molecular formula is C13H19F3N2O3S. The molecule has 1 aromatic rings. The maximum atomic E-state index is 12.9. The first kappa shape index (κ1) is 17.3. The Morgan fingerprint density at radius 1 is 1.36 bits per heavy atom. The predicted octanol–water partition coefficient (Wildman–Crippen LogP) is 2.48. The molecule has 1 heterocycles. The number of rotatable bonds is 6. The fraction of sp³-hybridized carbons (Fsp3) is 0.769. The average Bonchev–Trinajstić information content (AvgIpc) is 3.05. The van der Waals surface area contributed by atoms with Crippen LogP contribution >= 0.6 is 0 Å². The number of nitrogens with zero attached hydrogens (tertiary/aromatic N) is 1. The van der Waals surface area contributed by atoms with Gasteiger partial charge >= 0.3 is 6.18 Å². The molecule has 1 aliphatic carbocycles. The number of halogens is 3. The summed E-state index contributed by atoms with van der Waals surface area (Å²) < 4.78 is 69.9. The summed E-state index contributed by atoms with van der Waals surface area (Å²) in [6, 6.07) is -0.536. The lowest BCUT2D eigenvalue weighted by atomic mass is 10.1. The molecule has 1 saturated carbocycles. The van der Waals surface area contributed by atoms with Gasteiger partial charge in [-0.15, -0.1) is 0 Å². The van der Waals surface area contributed by atoms with Crippen molar-refractivity contribution in [2.45, 2.75) is 52.3 Å². The van der Waals surface area contributed by atoms with Crippen LogP contribution < -0.4 is 4.72 Å². The SMILES string of the molecule is Cc1noc(C)c1CC(C)NS(=O)(=O)CC1(C(F)(F)F)CC1. The minimum atomic E-state index is -4.48. The summed E-state index contributed by atoms with van der Waals surface area (Å²) in [6.07, 6.45) is -4.42. The zero-order valence-corrected chi connectivity index (χ0v) is 13.4. The van der Waals surface area contributed by atoms with E-state index in [-0.39, 0.29) is 12.8 Å². The minimum absolute atomic E-state index is 0.129. The normalized spacial score (nSPS) is 19.2. The summed E-state index contributed by atoms with van der Waals surface area (Å²) in [4.78, 5) is 0. The van der Waals surface area contributed by atoms with Crippen molar-refractivity contribution in [2.75, 3.05) is 5.75 Å². The van der Waals surface area contributed by atoms with Crippen LogP contribution in [0.2, 0.25) is 0 Å². The highest BCUT2D eigenvalue weighted by Gasteiger charge is 2.64. The van der Waals surface area contributed by atoms with Crippen molar-refractivity contribution >= 4 is 10.0 Å². The molecule has 126 valence electrons. The van der Waals surface area contributed by atoms with Gasteiger partial charge in [-0.3, -0.25) is 0 Å².